The van der Waals surface area contributed by atoms with Crippen LogP contribution in [0, 0.1) is 0 Å². The fraction of sp³-hybridized carbons (Fsp3) is 0. The molecule has 4 rings (SSSR count). The number of phenols is 1. The Morgan fingerprint density at radius 1 is 0.558 bits per heavy atom. The smallest absolute Gasteiger partial charge is 0.339 e. The molecule has 0 spiro atoms. The first-order valence-electron chi connectivity index (χ1n) is 11.6. The van der Waals surface area contributed by atoms with Gasteiger partial charge in [-0.1, -0.05) is 18.2 Å². The van der Waals surface area contributed by atoms with Gasteiger partial charge in [0, 0.05) is 11.1 Å². The molecule has 0 saturated carbocycles. The van der Waals surface area contributed by atoms with E-state index in [9.17, 15) is 40.6 Å². The van der Waals surface area contributed by atoms with Gasteiger partial charge in [0.25, 0.3) is 20.2 Å². The molecule has 15 nitrogen and oxygen atoms in total. The Kier molecular flexibility index (Phi) is 8.44. The zero-order valence-electron chi connectivity index (χ0n) is 21.3. The highest BCUT2D eigenvalue weighted by molar-refractivity contribution is 7.86. The van der Waals surface area contributed by atoms with Crippen molar-refractivity contribution in [2.75, 3.05) is 0 Å². The van der Waals surface area contributed by atoms with Crippen LogP contribution >= 0.6 is 0 Å². The first-order chi connectivity index (χ1) is 20.1. The molecule has 5 N–H and O–H groups in total. The first kappa shape index (κ1) is 30.6. The molecule has 0 unspecified atom stereocenters. The lowest BCUT2D eigenvalue weighted by Gasteiger charge is -2.12. The minimum Gasteiger partial charge on any atom is -0.507 e. The van der Waals surface area contributed by atoms with E-state index in [4.69, 9.17) is 10.2 Å². The number of rotatable bonds is 9. The second-order valence-electron chi connectivity index (χ2n) is 8.57. The summed E-state index contributed by atoms with van der Waals surface area (Å²) < 4.78 is 68.9. The number of carbonyl (C=O) groups is 2. The summed E-state index contributed by atoms with van der Waals surface area (Å²) in [5, 5.41) is 43.2. The average molecular weight is 627 g/mol. The van der Waals surface area contributed by atoms with Gasteiger partial charge in [0.2, 0.25) is 0 Å². The molecule has 0 amide bonds. The van der Waals surface area contributed by atoms with Crippen molar-refractivity contribution in [3.05, 3.63) is 90.0 Å². The predicted molar refractivity (Wildman–Crippen MR) is 148 cm³/mol. The molecular weight excluding hydrogens is 608 g/mol. The molecule has 0 aliphatic heterocycles. The molecule has 4 aromatic carbocycles. The highest BCUT2D eigenvalue weighted by Crippen LogP contribution is 2.37. The van der Waals surface area contributed by atoms with Gasteiger partial charge in [0.05, 0.1) is 28.3 Å². The summed E-state index contributed by atoms with van der Waals surface area (Å²) in [5.41, 5.74) is -1.35. The molecule has 0 heterocycles. The quantitative estimate of drug-likeness (QED) is 0.110. The van der Waals surface area contributed by atoms with Gasteiger partial charge in [-0.2, -0.15) is 37.3 Å². The number of hydrogen-bond acceptors (Lipinski definition) is 11. The number of aromatic carboxylic acids is 2. The highest BCUT2D eigenvalue weighted by Gasteiger charge is 2.24. The molecule has 0 aliphatic carbocycles. The minimum absolute atomic E-state index is 0.0132. The number of carboxylic acids is 2. The van der Waals surface area contributed by atoms with E-state index in [-0.39, 0.29) is 39.4 Å². The molecule has 0 bridgehead atoms. The lowest BCUT2D eigenvalue weighted by molar-refractivity contribution is 0.0684. The summed E-state index contributed by atoms with van der Waals surface area (Å²) >= 11 is 0. The minimum atomic E-state index is -5.02. The maximum atomic E-state index is 12.3. The van der Waals surface area contributed by atoms with Crippen LogP contribution in [0.2, 0.25) is 0 Å². The number of carboxylic acid groups (broad SMARTS) is 2. The van der Waals surface area contributed by atoms with Crippen molar-refractivity contribution in [2.45, 2.75) is 9.79 Å². The summed E-state index contributed by atoms with van der Waals surface area (Å²) in [5.74, 6) is -3.15. The summed E-state index contributed by atoms with van der Waals surface area (Å²) in [7, 11) is -10.0. The van der Waals surface area contributed by atoms with Gasteiger partial charge < -0.3 is 15.3 Å². The Hall–Kier alpha value is -5.36. The van der Waals surface area contributed by atoms with E-state index < -0.39 is 53.3 Å². The molecule has 0 atom stereocenters. The number of aromatic hydroxyl groups is 1. The van der Waals surface area contributed by atoms with Crippen LogP contribution in [-0.2, 0) is 20.2 Å². The van der Waals surface area contributed by atoms with Gasteiger partial charge in [-0.15, -0.1) is 0 Å². The van der Waals surface area contributed by atoms with Crippen LogP contribution in [0.15, 0.2) is 109 Å². The molecule has 0 aliphatic rings. The van der Waals surface area contributed by atoms with Crippen LogP contribution in [0.3, 0.4) is 0 Å². The van der Waals surface area contributed by atoms with E-state index in [2.05, 4.69) is 20.5 Å². The fourth-order valence-corrected chi connectivity index (χ4v) is 5.16. The summed E-state index contributed by atoms with van der Waals surface area (Å²) in [4.78, 5) is 20.8. The fourth-order valence-electron chi connectivity index (χ4n) is 3.71. The molecule has 0 saturated heterocycles. The molecule has 220 valence electrons. The lowest BCUT2D eigenvalue weighted by Crippen LogP contribution is -2.05. The van der Waals surface area contributed by atoms with Gasteiger partial charge in [0.15, 0.2) is 0 Å². The van der Waals surface area contributed by atoms with Crippen molar-refractivity contribution in [3.8, 4) is 16.9 Å². The second kappa shape index (κ2) is 11.9. The van der Waals surface area contributed by atoms with Crippen LogP contribution < -0.4 is 0 Å². The average Bonchev–Trinajstić information content (AvgIpc) is 2.94. The zero-order valence-corrected chi connectivity index (χ0v) is 22.9. The Bertz CT molecular complexity index is 2060. The Balaban J connectivity index is 1.76. The predicted octanol–water partition coefficient (Wildman–Crippen LogP) is 5.78. The van der Waals surface area contributed by atoms with Crippen molar-refractivity contribution in [1.82, 2.24) is 0 Å². The van der Waals surface area contributed by atoms with Crippen molar-refractivity contribution >= 4 is 54.9 Å². The topological polar surface area (TPSA) is 253 Å². The maximum absolute atomic E-state index is 12.3. The normalized spacial score (nSPS) is 12.1. The van der Waals surface area contributed by atoms with Gasteiger partial charge in [-0.3, -0.25) is 9.11 Å². The molecule has 0 aromatic heterocycles. The summed E-state index contributed by atoms with van der Waals surface area (Å²) in [6, 6.07) is 15.1. The van der Waals surface area contributed by atoms with Crippen molar-refractivity contribution in [1.29, 1.82) is 0 Å². The van der Waals surface area contributed by atoms with E-state index >= 15 is 0 Å². The third-order valence-electron chi connectivity index (χ3n) is 5.64. The molecular formula is C26H18N4O11S2. The van der Waals surface area contributed by atoms with Gasteiger partial charge in [-0.05, 0) is 60.7 Å². The number of nitrogens with zero attached hydrogens (tertiary/aromatic N) is 4. The van der Waals surface area contributed by atoms with E-state index in [0.717, 1.165) is 36.4 Å². The Morgan fingerprint density at radius 3 is 1.44 bits per heavy atom. The largest absolute Gasteiger partial charge is 0.507 e. The van der Waals surface area contributed by atoms with Gasteiger partial charge >= 0.3 is 11.9 Å². The van der Waals surface area contributed by atoms with E-state index in [0.29, 0.717) is 0 Å². The molecule has 0 fully saturated rings. The second-order valence-corrected chi connectivity index (χ2v) is 11.4. The van der Waals surface area contributed by atoms with Crippen molar-refractivity contribution in [3.63, 3.8) is 0 Å². The maximum Gasteiger partial charge on any atom is 0.339 e. The third-order valence-corrected chi connectivity index (χ3v) is 7.43. The van der Waals surface area contributed by atoms with E-state index in [1.807, 2.05) is 0 Å². The summed E-state index contributed by atoms with van der Waals surface area (Å²) in [6.45, 7) is 0. The molecule has 43 heavy (non-hydrogen) atoms. The monoisotopic (exact) mass is 626 g/mol. The first-order valence-corrected chi connectivity index (χ1v) is 14.5. The number of benzene rings is 4. The van der Waals surface area contributed by atoms with Crippen LogP contribution in [0.25, 0.3) is 11.1 Å². The van der Waals surface area contributed by atoms with Crippen molar-refractivity contribution in [2.24, 2.45) is 20.5 Å². The SMILES string of the molecule is O=C(O)c1cccc(N=Nc2ccc(-c3ccc(N=Nc4ccc(O)c(C(=O)O)c4)cc3S(=O)(=O)O)c(S(=O)(=O)O)c2)c1. The van der Waals surface area contributed by atoms with Gasteiger partial charge in [0.1, 0.15) is 21.1 Å². The van der Waals surface area contributed by atoms with Gasteiger partial charge in [-0.25, -0.2) is 9.59 Å². The molecule has 17 heteroatoms. The Morgan fingerprint density at radius 2 is 1.00 bits per heavy atom. The standard InChI is InChI=1S/C26H18N4O11S2/c31-22-9-6-16(11-21(22)26(34)35)28-30-18-5-8-20(24(13-18)43(39,40)41)19-7-4-17(12-23(19)42(36,37)38)29-27-15-3-1-2-14(10-15)25(32)33/h1-13,31H,(H,32,33)(H,34,35)(H,36,37,38)(H,39,40,41). The lowest BCUT2D eigenvalue weighted by atomic mass is 10.0. The van der Waals surface area contributed by atoms with Crippen molar-refractivity contribution < 1.29 is 50.8 Å². The van der Waals surface area contributed by atoms with Crippen LogP contribution in [0.5, 0.6) is 5.75 Å². The van der Waals surface area contributed by atoms with E-state index in [1.54, 1.807) is 0 Å². The van der Waals surface area contributed by atoms with Crippen LogP contribution in [-0.4, -0.2) is 53.2 Å². The molecule has 4 aromatic rings. The highest BCUT2D eigenvalue weighted by atomic mass is 32.2. The zero-order chi connectivity index (χ0) is 31.5. The number of azo groups is 2. The van der Waals surface area contributed by atoms with Crippen LogP contribution in [0.4, 0.5) is 22.7 Å². The molecule has 0 radical (unpaired) electrons. The van der Waals surface area contributed by atoms with E-state index in [1.165, 1.54) is 42.5 Å². The Labute approximate surface area is 242 Å². The summed E-state index contributed by atoms with van der Waals surface area (Å²) in [6.07, 6.45) is 0. The van der Waals surface area contributed by atoms with Crippen LogP contribution in [0.1, 0.15) is 20.7 Å². The third kappa shape index (κ3) is 7.29. The number of hydrogen-bond donors (Lipinski definition) is 5.